The standard InChI is InChI=1S/C33H38F3N7O5/c1-20(2)37-27(44)19-40-14-16-41(17-15-40)31(46)25-18-23(48-5)10-11-26(25)43-28-24(29(38-43)33(34,35)36)12-13-42(32(28)47)22-8-6-21(7-9-22)30(45)39(3)4/h6-11,18,20H,12-17,19H2,1-5H3,(H,37,44). The fourth-order valence-corrected chi connectivity index (χ4v) is 5.90. The smallest absolute Gasteiger partial charge is 0.435 e. The molecule has 0 saturated carbocycles. The second-order valence-electron chi connectivity index (χ2n) is 12.2. The molecule has 1 N–H and O–H groups in total. The van der Waals surface area contributed by atoms with E-state index in [1.807, 2.05) is 18.7 Å². The number of hydrogen-bond donors (Lipinski definition) is 1. The Morgan fingerprint density at radius 3 is 2.25 bits per heavy atom. The molecule has 1 saturated heterocycles. The highest BCUT2D eigenvalue weighted by molar-refractivity contribution is 6.08. The van der Waals surface area contributed by atoms with Gasteiger partial charge in [0.1, 0.15) is 11.4 Å². The van der Waals surface area contributed by atoms with E-state index in [4.69, 9.17) is 4.74 Å². The Balaban J connectivity index is 1.50. The summed E-state index contributed by atoms with van der Waals surface area (Å²) in [6, 6.07) is 10.6. The van der Waals surface area contributed by atoms with Crippen LogP contribution in [0.1, 0.15) is 56.3 Å². The lowest BCUT2D eigenvalue weighted by Crippen LogP contribution is -2.51. The number of amides is 4. The molecule has 0 spiro atoms. The SMILES string of the molecule is COc1ccc(-n2nc(C(F)(F)F)c3c2C(=O)N(c2ccc(C(=O)N(C)C)cc2)CC3)c(C(=O)N2CCN(CC(=O)NC(C)C)CC2)c1. The third-order valence-electron chi connectivity index (χ3n) is 8.26. The van der Waals surface area contributed by atoms with Gasteiger partial charge in [0.2, 0.25) is 5.91 Å². The third kappa shape index (κ3) is 7.00. The van der Waals surface area contributed by atoms with E-state index in [1.165, 1.54) is 35.1 Å². The first-order valence-corrected chi connectivity index (χ1v) is 15.5. The van der Waals surface area contributed by atoms with Crippen molar-refractivity contribution in [1.29, 1.82) is 0 Å². The van der Waals surface area contributed by atoms with Crippen LogP contribution < -0.4 is 15.0 Å². The largest absolute Gasteiger partial charge is 0.497 e. The van der Waals surface area contributed by atoms with Crippen LogP contribution in [0.15, 0.2) is 42.5 Å². The van der Waals surface area contributed by atoms with Crippen LogP contribution in [0.5, 0.6) is 5.75 Å². The van der Waals surface area contributed by atoms with Crippen molar-refractivity contribution in [3.05, 3.63) is 70.5 Å². The van der Waals surface area contributed by atoms with Crippen LogP contribution in [-0.4, -0.2) is 115 Å². The molecule has 3 aromatic rings. The molecule has 0 aliphatic carbocycles. The number of anilines is 1. The average molecular weight is 670 g/mol. The highest BCUT2D eigenvalue weighted by atomic mass is 19.4. The molecule has 2 aliphatic heterocycles. The Morgan fingerprint density at radius 2 is 1.67 bits per heavy atom. The van der Waals surface area contributed by atoms with E-state index in [0.717, 1.165) is 4.68 Å². The minimum atomic E-state index is -4.86. The first kappa shape index (κ1) is 34.4. The monoisotopic (exact) mass is 669 g/mol. The van der Waals surface area contributed by atoms with Crippen LogP contribution in [0.25, 0.3) is 5.69 Å². The first-order valence-electron chi connectivity index (χ1n) is 15.5. The van der Waals surface area contributed by atoms with E-state index in [9.17, 15) is 32.3 Å². The summed E-state index contributed by atoms with van der Waals surface area (Å²) in [4.78, 5) is 58.9. The van der Waals surface area contributed by atoms with Gasteiger partial charge in [-0.25, -0.2) is 4.68 Å². The summed E-state index contributed by atoms with van der Waals surface area (Å²) >= 11 is 0. The Kier molecular flexibility index (Phi) is 9.80. The number of halogens is 3. The molecular weight excluding hydrogens is 631 g/mol. The molecule has 48 heavy (non-hydrogen) atoms. The quantitative estimate of drug-likeness (QED) is 0.392. The van der Waals surface area contributed by atoms with Crippen LogP contribution in [0.4, 0.5) is 18.9 Å². The molecule has 15 heteroatoms. The zero-order valence-corrected chi connectivity index (χ0v) is 27.4. The molecule has 2 aliphatic rings. The van der Waals surface area contributed by atoms with E-state index in [0.29, 0.717) is 30.1 Å². The molecule has 2 aromatic carbocycles. The predicted molar refractivity (Wildman–Crippen MR) is 171 cm³/mol. The number of aromatic nitrogens is 2. The predicted octanol–water partition coefficient (Wildman–Crippen LogP) is 3.09. The first-order chi connectivity index (χ1) is 22.7. The van der Waals surface area contributed by atoms with Crippen molar-refractivity contribution in [2.24, 2.45) is 0 Å². The van der Waals surface area contributed by atoms with Gasteiger partial charge < -0.3 is 24.8 Å². The van der Waals surface area contributed by atoms with Gasteiger partial charge in [0, 0.05) is 69.7 Å². The van der Waals surface area contributed by atoms with Crippen molar-refractivity contribution >= 4 is 29.3 Å². The van der Waals surface area contributed by atoms with E-state index >= 15 is 0 Å². The van der Waals surface area contributed by atoms with Gasteiger partial charge in [-0.05, 0) is 62.7 Å². The molecular formula is C33H38F3N7O5. The number of methoxy groups -OCH3 is 1. The van der Waals surface area contributed by atoms with Crippen molar-refractivity contribution in [2.75, 3.05) is 65.4 Å². The lowest BCUT2D eigenvalue weighted by atomic mass is 10.0. The maximum Gasteiger partial charge on any atom is 0.435 e. The van der Waals surface area contributed by atoms with Crippen LogP contribution in [0.2, 0.25) is 0 Å². The van der Waals surface area contributed by atoms with Crippen molar-refractivity contribution in [1.82, 2.24) is 29.8 Å². The number of nitrogens with zero attached hydrogens (tertiary/aromatic N) is 6. The van der Waals surface area contributed by atoms with Gasteiger partial charge in [-0.2, -0.15) is 18.3 Å². The maximum atomic E-state index is 14.3. The van der Waals surface area contributed by atoms with Gasteiger partial charge in [-0.1, -0.05) is 0 Å². The number of benzene rings is 2. The highest BCUT2D eigenvalue weighted by Crippen LogP contribution is 2.38. The fourth-order valence-electron chi connectivity index (χ4n) is 5.90. The van der Waals surface area contributed by atoms with E-state index in [1.54, 1.807) is 43.3 Å². The van der Waals surface area contributed by atoms with Gasteiger partial charge in [0.05, 0.1) is 24.9 Å². The number of fused-ring (bicyclic) bond motifs is 1. The van der Waals surface area contributed by atoms with E-state index in [2.05, 4.69) is 10.4 Å². The van der Waals surface area contributed by atoms with Crippen molar-refractivity contribution in [2.45, 2.75) is 32.5 Å². The maximum absolute atomic E-state index is 14.3. The molecule has 1 aromatic heterocycles. The molecule has 0 atom stereocenters. The number of carbonyl (C=O) groups is 4. The number of ether oxygens (including phenoxy) is 1. The number of hydrogen-bond acceptors (Lipinski definition) is 7. The third-order valence-corrected chi connectivity index (χ3v) is 8.26. The van der Waals surface area contributed by atoms with E-state index in [-0.39, 0.29) is 73.0 Å². The van der Waals surface area contributed by atoms with Gasteiger partial charge in [0.15, 0.2) is 5.69 Å². The number of nitrogens with one attached hydrogen (secondary N) is 1. The zero-order chi connectivity index (χ0) is 34.9. The topological polar surface area (TPSA) is 120 Å². The Bertz CT molecular complexity index is 1710. The van der Waals surface area contributed by atoms with Crippen molar-refractivity contribution in [3.63, 3.8) is 0 Å². The van der Waals surface area contributed by atoms with Crippen LogP contribution >= 0.6 is 0 Å². The zero-order valence-electron chi connectivity index (χ0n) is 27.4. The summed E-state index contributed by atoms with van der Waals surface area (Å²) in [5.74, 6) is -1.27. The summed E-state index contributed by atoms with van der Waals surface area (Å²) in [6.07, 6.45) is -5.00. The summed E-state index contributed by atoms with van der Waals surface area (Å²) in [5.41, 5.74) is -0.968. The molecule has 0 bridgehead atoms. The van der Waals surface area contributed by atoms with Crippen molar-refractivity contribution in [3.8, 4) is 11.4 Å². The molecule has 0 unspecified atom stereocenters. The van der Waals surface area contributed by atoms with E-state index < -0.39 is 23.7 Å². The minimum Gasteiger partial charge on any atom is -0.497 e. The molecule has 5 rings (SSSR count). The van der Waals surface area contributed by atoms with Gasteiger partial charge >= 0.3 is 6.18 Å². The van der Waals surface area contributed by atoms with Crippen LogP contribution in [-0.2, 0) is 17.4 Å². The fraction of sp³-hybridized carbons (Fsp3) is 0.424. The van der Waals surface area contributed by atoms with Gasteiger partial charge in [-0.15, -0.1) is 0 Å². The number of piperazine rings is 1. The second kappa shape index (κ2) is 13.7. The Labute approximate surface area is 276 Å². The molecule has 12 nitrogen and oxygen atoms in total. The van der Waals surface area contributed by atoms with Gasteiger partial charge in [-0.3, -0.25) is 24.1 Å². The van der Waals surface area contributed by atoms with Crippen LogP contribution in [0, 0.1) is 0 Å². The summed E-state index contributed by atoms with van der Waals surface area (Å²) in [6.45, 7) is 5.24. The number of carbonyl (C=O) groups excluding carboxylic acids is 4. The summed E-state index contributed by atoms with van der Waals surface area (Å²) in [7, 11) is 4.62. The lowest BCUT2D eigenvalue weighted by Gasteiger charge is -2.35. The summed E-state index contributed by atoms with van der Waals surface area (Å²) < 4.78 is 49.3. The van der Waals surface area contributed by atoms with Crippen LogP contribution in [0.3, 0.4) is 0 Å². The Morgan fingerprint density at radius 1 is 1.00 bits per heavy atom. The number of alkyl halides is 3. The molecule has 0 radical (unpaired) electrons. The van der Waals surface area contributed by atoms with Crippen molar-refractivity contribution < 1.29 is 37.1 Å². The summed E-state index contributed by atoms with van der Waals surface area (Å²) in [5, 5.41) is 6.75. The molecule has 3 heterocycles. The second-order valence-corrected chi connectivity index (χ2v) is 12.2. The lowest BCUT2D eigenvalue weighted by molar-refractivity contribution is -0.142. The molecule has 256 valence electrons. The number of rotatable bonds is 8. The normalized spacial score (nSPS) is 15.4. The molecule has 4 amide bonds. The highest BCUT2D eigenvalue weighted by Gasteiger charge is 2.44. The molecule has 1 fully saturated rings. The average Bonchev–Trinajstić information content (AvgIpc) is 3.45. The minimum absolute atomic E-state index is 0.00369. The Hall–Kier alpha value is -4.92. The van der Waals surface area contributed by atoms with Gasteiger partial charge in [0.25, 0.3) is 17.7 Å².